The topological polar surface area (TPSA) is 0 Å². The molecule has 10 aromatic rings. The Balaban J connectivity index is 1.33. The lowest BCUT2D eigenvalue weighted by atomic mass is 9.83. The fourth-order valence-electron chi connectivity index (χ4n) is 9.38. The van der Waals surface area contributed by atoms with E-state index in [1.165, 1.54) is 109 Å². The Morgan fingerprint density at radius 1 is 0.283 bits per heavy atom. The van der Waals surface area contributed by atoms with E-state index >= 15 is 0 Å². The second kappa shape index (κ2) is 11.4. The Kier molecular flexibility index (Phi) is 6.50. The molecule has 0 aliphatic carbocycles. The van der Waals surface area contributed by atoms with Crippen molar-refractivity contribution in [3.05, 3.63) is 182 Å². The fourth-order valence-corrected chi connectivity index (χ4v) is 12.5. The van der Waals surface area contributed by atoms with E-state index in [0.29, 0.717) is 0 Å². The predicted molar refractivity (Wildman–Crippen MR) is 232 cm³/mol. The molecule has 1 aliphatic rings. The molecular weight excluding hydrogens is 653 g/mol. The van der Waals surface area contributed by atoms with Gasteiger partial charge in [-0.25, -0.2) is 0 Å². The molecule has 0 atom stereocenters. The minimum absolute atomic E-state index is 1.24. The zero-order chi connectivity index (χ0) is 35.3. The molecule has 0 radical (unpaired) electrons. The summed E-state index contributed by atoms with van der Waals surface area (Å²) in [7, 11) is -1.96. The predicted octanol–water partition coefficient (Wildman–Crippen LogP) is 13.3. The van der Waals surface area contributed by atoms with E-state index < -0.39 is 8.07 Å². The van der Waals surface area contributed by atoms with Gasteiger partial charge in [-0.3, -0.25) is 0 Å². The van der Waals surface area contributed by atoms with E-state index in [9.17, 15) is 0 Å². The molecule has 0 aromatic heterocycles. The van der Waals surface area contributed by atoms with Crippen molar-refractivity contribution >= 4 is 72.3 Å². The number of rotatable bonds is 3. The highest BCUT2D eigenvalue weighted by molar-refractivity contribution is 7.04. The molecule has 53 heavy (non-hydrogen) atoms. The minimum Gasteiger partial charge on any atom is -0.0623 e. The highest BCUT2D eigenvalue weighted by Gasteiger charge is 2.38. The van der Waals surface area contributed by atoms with Crippen LogP contribution in [0.3, 0.4) is 0 Å². The van der Waals surface area contributed by atoms with Crippen LogP contribution in [0.25, 0.3) is 98.4 Å². The van der Waals surface area contributed by atoms with E-state index in [1.54, 1.807) is 0 Å². The highest BCUT2D eigenvalue weighted by atomic mass is 28.3. The summed E-state index contributed by atoms with van der Waals surface area (Å²) < 4.78 is 0. The summed E-state index contributed by atoms with van der Waals surface area (Å²) >= 11 is 0. The molecule has 0 fully saturated rings. The number of hydrogen-bond acceptors (Lipinski definition) is 0. The first-order valence-electron chi connectivity index (χ1n) is 18.7. The first-order chi connectivity index (χ1) is 26.0. The first kappa shape index (κ1) is 30.4. The maximum absolute atomic E-state index is 2.61. The van der Waals surface area contributed by atoms with Crippen LogP contribution in [0, 0.1) is 0 Å². The third kappa shape index (κ3) is 4.54. The fraction of sp³-hybridized carbons (Fsp3) is 0.0385. The van der Waals surface area contributed by atoms with Gasteiger partial charge >= 0.3 is 0 Å². The van der Waals surface area contributed by atoms with Gasteiger partial charge in [-0.1, -0.05) is 171 Å². The monoisotopic (exact) mass is 688 g/mol. The molecule has 1 aliphatic heterocycles. The Bertz CT molecular complexity index is 3140. The lowest BCUT2D eigenvalue weighted by Gasteiger charge is -2.23. The van der Waals surface area contributed by atoms with E-state index in [2.05, 4.69) is 195 Å². The maximum Gasteiger partial charge on any atom is 0.113 e. The van der Waals surface area contributed by atoms with Gasteiger partial charge in [0.25, 0.3) is 0 Å². The summed E-state index contributed by atoms with van der Waals surface area (Å²) in [4.78, 5) is 0. The van der Waals surface area contributed by atoms with Gasteiger partial charge in [-0.2, -0.15) is 0 Å². The molecule has 0 amide bonds. The van der Waals surface area contributed by atoms with Crippen molar-refractivity contribution in [2.24, 2.45) is 0 Å². The lowest BCUT2D eigenvalue weighted by molar-refractivity contribution is 1.66. The normalized spacial score (nSPS) is 13.2. The summed E-state index contributed by atoms with van der Waals surface area (Å²) in [6, 6.07) is 68.6. The summed E-state index contributed by atoms with van der Waals surface area (Å²) in [6.45, 7) is 5.06. The summed E-state index contributed by atoms with van der Waals surface area (Å²) in [6.07, 6.45) is 0. The Hall–Kier alpha value is -6.28. The van der Waals surface area contributed by atoms with E-state index in [0.717, 1.165) is 0 Å². The average molecular weight is 689 g/mol. The second-order valence-electron chi connectivity index (χ2n) is 15.3. The minimum atomic E-state index is -1.96. The Morgan fingerprint density at radius 2 is 0.811 bits per heavy atom. The Labute approximate surface area is 310 Å². The van der Waals surface area contributed by atoms with Gasteiger partial charge in [0.05, 0.1) is 0 Å². The molecule has 1 heterocycles. The van der Waals surface area contributed by atoms with Crippen LogP contribution in [0.1, 0.15) is 0 Å². The number of hydrogen-bond donors (Lipinski definition) is 0. The summed E-state index contributed by atoms with van der Waals surface area (Å²) in [5.41, 5.74) is 10.4. The van der Waals surface area contributed by atoms with Gasteiger partial charge in [-0.05, 0) is 133 Å². The van der Waals surface area contributed by atoms with E-state index in [-0.39, 0.29) is 0 Å². The van der Waals surface area contributed by atoms with Crippen LogP contribution < -0.4 is 10.4 Å². The van der Waals surface area contributed by atoms with Crippen molar-refractivity contribution in [3.63, 3.8) is 0 Å². The molecule has 1 heteroatoms. The van der Waals surface area contributed by atoms with Crippen LogP contribution in [0.2, 0.25) is 13.1 Å². The molecule has 0 N–H and O–H groups in total. The van der Waals surface area contributed by atoms with E-state index in [4.69, 9.17) is 0 Å². The SMILES string of the molecule is C[Si]1(C)c2ccccc2-c2cc3c(-c4ccc5ccccc5c4)c4ccc(-c5cccc6ccccc56)cc4c(-c4ccc5ccccc5c4)c3cc21. The van der Waals surface area contributed by atoms with Crippen molar-refractivity contribution in [2.45, 2.75) is 13.1 Å². The van der Waals surface area contributed by atoms with Crippen LogP contribution in [0.15, 0.2) is 182 Å². The van der Waals surface area contributed by atoms with Crippen LogP contribution in [-0.4, -0.2) is 8.07 Å². The molecular formula is C52H36Si. The van der Waals surface area contributed by atoms with Gasteiger partial charge < -0.3 is 0 Å². The molecule has 0 nitrogen and oxygen atoms in total. The Morgan fingerprint density at radius 3 is 1.55 bits per heavy atom. The molecule has 248 valence electrons. The largest absolute Gasteiger partial charge is 0.113 e. The maximum atomic E-state index is 2.61. The van der Waals surface area contributed by atoms with Gasteiger partial charge in [0.15, 0.2) is 0 Å². The molecule has 0 spiro atoms. The van der Waals surface area contributed by atoms with Crippen LogP contribution in [0.4, 0.5) is 0 Å². The van der Waals surface area contributed by atoms with Crippen LogP contribution in [-0.2, 0) is 0 Å². The molecule has 0 saturated heterocycles. The van der Waals surface area contributed by atoms with Gasteiger partial charge in [0.2, 0.25) is 0 Å². The smallest absolute Gasteiger partial charge is 0.0623 e. The van der Waals surface area contributed by atoms with Crippen LogP contribution in [0.5, 0.6) is 0 Å². The zero-order valence-corrected chi connectivity index (χ0v) is 30.8. The van der Waals surface area contributed by atoms with Crippen molar-refractivity contribution in [1.29, 1.82) is 0 Å². The quantitative estimate of drug-likeness (QED) is 0.128. The molecule has 0 saturated carbocycles. The van der Waals surface area contributed by atoms with Crippen molar-refractivity contribution in [2.75, 3.05) is 0 Å². The molecule has 0 unspecified atom stereocenters. The first-order valence-corrected chi connectivity index (χ1v) is 21.7. The standard InChI is InChI=1S/C52H36Si/c1-53(2)49-21-10-9-19-43(49)45-31-47-48(32-50(45)53)52(40-25-23-34-13-4-6-16-37(34)29-40)46-30-38(42-20-11-17-35-14-7-8-18-41(35)42)26-27-44(46)51(47)39-24-22-33-12-3-5-15-36(33)28-39/h3-32H,1-2H3. The number of fused-ring (bicyclic) bond motifs is 8. The van der Waals surface area contributed by atoms with Crippen molar-refractivity contribution in [3.8, 4) is 44.5 Å². The number of benzene rings is 10. The third-order valence-electron chi connectivity index (χ3n) is 12.0. The molecule has 11 rings (SSSR count). The zero-order valence-electron chi connectivity index (χ0n) is 29.8. The van der Waals surface area contributed by atoms with Crippen molar-refractivity contribution < 1.29 is 0 Å². The van der Waals surface area contributed by atoms with Gasteiger partial charge in [0.1, 0.15) is 8.07 Å². The van der Waals surface area contributed by atoms with Crippen LogP contribution >= 0.6 is 0 Å². The summed E-state index contributed by atoms with van der Waals surface area (Å²) in [5.74, 6) is 0. The average Bonchev–Trinajstić information content (AvgIpc) is 3.43. The second-order valence-corrected chi connectivity index (χ2v) is 19.6. The van der Waals surface area contributed by atoms with E-state index in [1.807, 2.05) is 0 Å². The van der Waals surface area contributed by atoms with Gasteiger partial charge in [-0.15, -0.1) is 0 Å². The van der Waals surface area contributed by atoms with Crippen molar-refractivity contribution in [1.82, 2.24) is 0 Å². The lowest BCUT2D eigenvalue weighted by Crippen LogP contribution is -2.49. The molecule has 10 aromatic carbocycles. The van der Waals surface area contributed by atoms with Gasteiger partial charge in [0, 0.05) is 0 Å². The molecule has 0 bridgehead atoms. The highest BCUT2D eigenvalue weighted by Crippen LogP contribution is 2.47. The summed E-state index contributed by atoms with van der Waals surface area (Å²) in [5, 5.41) is 15.9. The third-order valence-corrected chi connectivity index (χ3v) is 15.5.